The lowest BCUT2D eigenvalue weighted by Gasteiger charge is -2.13. The van der Waals surface area contributed by atoms with Crippen molar-refractivity contribution in [2.24, 2.45) is 7.05 Å². The van der Waals surface area contributed by atoms with Crippen molar-refractivity contribution in [3.05, 3.63) is 5.69 Å². The Balaban J connectivity index is 3.02. The van der Waals surface area contributed by atoms with Gasteiger partial charge in [0.1, 0.15) is 4.90 Å². The minimum Gasteiger partial charge on any atom is -0.381 e. The fourth-order valence-electron chi connectivity index (χ4n) is 1.62. The summed E-state index contributed by atoms with van der Waals surface area (Å²) in [6.07, 6.45) is 0. The maximum absolute atomic E-state index is 12.2. The molecule has 0 aromatic carbocycles. The van der Waals surface area contributed by atoms with Crippen LogP contribution in [0.5, 0.6) is 0 Å². The molecule has 0 radical (unpaired) electrons. The molecule has 0 saturated carbocycles. The predicted molar refractivity (Wildman–Crippen MR) is 70.8 cm³/mol. The van der Waals surface area contributed by atoms with E-state index in [0.717, 1.165) is 0 Å². The van der Waals surface area contributed by atoms with Gasteiger partial charge < -0.3 is 11.1 Å². The second-order valence-corrected chi connectivity index (χ2v) is 5.81. The molecule has 8 nitrogen and oxygen atoms in total. The number of rotatable bonds is 5. The fraction of sp³-hybridized carbons (Fsp3) is 0.600. The van der Waals surface area contributed by atoms with Crippen molar-refractivity contribution in [1.29, 1.82) is 0 Å². The van der Waals surface area contributed by atoms with Gasteiger partial charge in [0.15, 0.2) is 5.82 Å². The Hall–Kier alpha value is -1.61. The van der Waals surface area contributed by atoms with E-state index in [1.54, 1.807) is 20.9 Å². The topological polar surface area (TPSA) is 119 Å². The summed E-state index contributed by atoms with van der Waals surface area (Å²) in [5.74, 6) is -0.484. The number of anilines is 1. The summed E-state index contributed by atoms with van der Waals surface area (Å²) in [5, 5.41) is 6.38. The molecule has 1 amide bonds. The third kappa shape index (κ3) is 3.24. The lowest BCUT2D eigenvalue weighted by molar-refractivity contribution is -0.122. The molecule has 1 aromatic heterocycles. The molecule has 9 heteroatoms. The van der Waals surface area contributed by atoms with E-state index in [-0.39, 0.29) is 10.7 Å². The van der Waals surface area contributed by atoms with Crippen LogP contribution in [0.25, 0.3) is 0 Å². The van der Waals surface area contributed by atoms with Gasteiger partial charge in [-0.2, -0.15) is 9.82 Å². The average Bonchev–Trinajstić information content (AvgIpc) is 2.52. The number of aromatic nitrogens is 2. The highest BCUT2D eigenvalue weighted by Crippen LogP contribution is 2.21. The molecule has 19 heavy (non-hydrogen) atoms. The molecule has 1 unspecified atom stereocenters. The van der Waals surface area contributed by atoms with Crippen LogP contribution in [0.1, 0.15) is 19.5 Å². The van der Waals surface area contributed by atoms with Gasteiger partial charge in [0.25, 0.3) is 0 Å². The van der Waals surface area contributed by atoms with Crippen LogP contribution in [0.15, 0.2) is 4.90 Å². The molecule has 1 aromatic rings. The summed E-state index contributed by atoms with van der Waals surface area (Å²) in [6.45, 7) is 5.24. The van der Waals surface area contributed by atoms with Crippen molar-refractivity contribution >= 4 is 21.7 Å². The molecule has 0 saturated heterocycles. The molecule has 0 bridgehead atoms. The van der Waals surface area contributed by atoms with Gasteiger partial charge >= 0.3 is 0 Å². The predicted octanol–water partition coefficient (Wildman–Crippen LogP) is -0.886. The highest BCUT2D eigenvalue weighted by molar-refractivity contribution is 7.89. The van der Waals surface area contributed by atoms with Crippen LogP contribution in [0, 0.1) is 6.92 Å². The van der Waals surface area contributed by atoms with Crippen LogP contribution in [0.3, 0.4) is 0 Å². The molecular formula is C10H19N5O3S. The Kier molecular flexibility index (Phi) is 4.53. The third-order valence-corrected chi connectivity index (χ3v) is 4.36. The van der Waals surface area contributed by atoms with E-state index in [1.807, 2.05) is 0 Å². The summed E-state index contributed by atoms with van der Waals surface area (Å²) < 4.78 is 28.0. The highest BCUT2D eigenvalue weighted by Gasteiger charge is 2.28. The van der Waals surface area contributed by atoms with Crippen LogP contribution in [-0.2, 0) is 21.9 Å². The Morgan fingerprint density at radius 3 is 2.53 bits per heavy atom. The van der Waals surface area contributed by atoms with E-state index >= 15 is 0 Å². The van der Waals surface area contributed by atoms with E-state index in [2.05, 4.69) is 15.1 Å². The van der Waals surface area contributed by atoms with E-state index in [0.29, 0.717) is 12.2 Å². The van der Waals surface area contributed by atoms with Gasteiger partial charge in [-0.3, -0.25) is 9.48 Å². The molecule has 0 aliphatic heterocycles. The van der Waals surface area contributed by atoms with Crippen molar-refractivity contribution in [3.8, 4) is 0 Å². The Labute approximate surface area is 112 Å². The number of hydrogen-bond acceptors (Lipinski definition) is 5. The number of sulfonamides is 1. The molecule has 4 N–H and O–H groups in total. The summed E-state index contributed by atoms with van der Waals surface area (Å²) in [6, 6.07) is -0.885. The van der Waals surface area contributed by atoms with Gasteiger partial charge in [-0.1, -0.05) is 0 Å². The lowest BCUT2D eigenvalue weighted by Crippen LogP contribution is -2.44. The van der Waals surface area contributed by atoms with E-state index in [9.17, 15) is 13.2 Å². The monoisotopic (exact) mass is 289 g/mol. The van der Waals surface area contributed by atoms with Crippen LogP contribution in [0.2, 0.25) is 0 Å². The van der Waals surface area contributed by atoms with Crippen molar-refractivity contribution in [2.45, 2.75) is 31.7 Å². The van der Waals surface area contributed by atoms with Crippen LogP contribution in [-0.4, -0.2) is 36.7 Å². The van der Waals surface area contributed by atoms with E-state index < -0.39 is 22.0 Å². The first-order valence-electron chi connectivity index (χ1n) is 5.79. The van der Waals surface area contributed by atoms with Gasteiger partial charge in [0.2, 0.25) is 15.9 Å². The Morgan fingerprint density at radius 2 is 2.11 bits per heavy atom. The van der Waals surface area contributed by atoms with Crippen LogP contribution in [0.4, 0.5) is 5.82 Å². The first kappa shape index (κ1) is 15.4. The first-order valence-corrected chi connectivity index (χ1v) is 7.28. The minimum atomic E-state index is -3.88. The Bertz CT molecular complexity index is 578. The highest BCUT2D eigenvalue weighted by atomic mass is 32.2. The summed E-state index contributed by atoms with van der Waals surface area (Å²) in [4.78, 5) is 11.4. The van der Waals surface area contributed by atoms with Crippen LogP contribution >= 0.6 is 0 Å². The molecular weight excluding hydrogens is 270 g/mol. The summed E-state index contributed by atoms with van der Waals surface area (Å²) >= 11 is 0. The Morgan fingerprint density at radius 1 is 1.53 bits per heavy atom. The maximum Gasteiger partial charge on any atom is 0.246 e. The molecule has 1 heterocycles. The molecule has 0 aliphatic rings. The smallest absolute Gasteiger partial charge is 0.246 e. The number of carbonyl (C=O) groups excluding carboxylic acids is 1. The van der Waals surface area contributed by atoms with Crippen molar-refractivity contribution in [1.82, 2.24) is 19.8 Å². The van der Waals surface area contributed by atoms with Crippen LogP contribution < -0.4 is 15.8 Å². The number of carbonyl (C=O) groups is 1. The second kappa shape index (κ2) is 5.57. The third-order valence-electron chi connectivity index (χ3n) is 2.65. The number of nitrogens with two attached hydrogens (primary N) is 1. The maximum atomic E-state index is 12.2. The number of amides is 1. The quantitative estimate of drug-likeness (QED) is 0.650. The zero-order valence-electron chi connectivity index (χ0n) is 11.4. The molecule has 108 valence electrons. The largest absolute Gasteiger partial charge is 0.381 e. The number of likely N-dealkylation sites (N-methyl/N-ethyl adjacent to an activating group) is 1. The zero-order valence-corrected chi connectivity index (χ0v) is 12.2. The molecule has 0 fully saturated rings. The summed E-state index contributed by atoms with van der Waals surface area (Å²) in [5.41, 5.74) is 6.00. The standard InChI is InChI=1S/C10H19N5O3S/c1-5-12-10(16)6(2)14-19(17,18)8-7(3)15(4)13-9(8)11/h6,14H,5H2,1-4H3,(H2,11,13)(H,12,16). The number of nitrogens with zero attached hydrogens (tertiary/aromatic N) is 2. The van der Waals surface area contributed by atoms with Crippen molar-refractivity contribution in [2.75, 3.05) is 12.3 Å². The number of hydrogen-bond donors (Lipinski definition) is 3. The van der Waals surface area contributed by atoms with Gasteiger partial charge in [-0.05, 0) is 20.8 Å². The minimum absolute atomic E-state index is 0.0874. The fourth-order valence-corrected chi connectivity index (χ4v) is 3.15. The number of aryl methyl sites for hydroxylation is 1. The number of nitrogens with one attached hydrogen (secondary N) is 2. The van der Waals surface area contributed by atoms with Gasteiger partial charge in [-0.25, -0.2) is 8.42 Å². The number of nitrogen functional groups attached to an aromatic ring is 1. The van der Waals surface area contributed by atoms with Crippen molar-refractivity contribution in [3.63, 3.8) is 0 Å². The van der Waals surface area contributed by atoms with Gasteiger partial charge in [0, 0.05) is 13.6 Å². The second-order valence-electron chi connectivity index (χ2n) is 4.16. The zero-order chi connectivity index (χ0) is 14.8. The average molecular weight is 289 g/mol. The van der Waals surface area contributed by atoms with Gasteiger partial charge in [-0.15, -0.1) is 0 Å². The first-order chi connectivity index (χ1) is 8.70. The summed E-state index contributed by atoms with van der Waals surface area (Å²) in [7, 11) is -2.29. The molecule has 0 aliphatic carbocycles. The molecule has 0 spiro atoms. The molecule has 1 rings (SSSR count). The van der Waals surface area contributed by atoms with E-state index in [1.165, 1.54) is 11.6 Å². The molecule has 1 atom stereocenters. The van der Waals surface area contributed by atoms with Crippen molar-refractivity contribution < 1.29 is 13.2 Å². The van der Waals surface area contributed by atoms with Gasteiger partial charge in [0.05, 0.1) is 11.7 Å². The van der Waals surface area contributed by atoms with E-state index in [4.69, 9.17) is 5.73 Å². The lowest BCUT2D eigenvalue weighted by atomic mass is 10.3. The normalized spacial score (nSPS) is 13.3. The SMILES string of the molecule is CCNC(=O)C(C)NS(=O)(=O)c1c(N)nn(C)c1C.